The van der Waals surface area contributed by atoms with Crippen LogP contribution in [0.2, 0.25) is 0 Å². The average Bonchev–Trinajstić information content (AvgIpc) is 3.34. The Morgan fingerprint density at radius 2 is 0.565 bits per heavy atom. The van der Waals surface area contributed by atoms with Gasteiger partial charge in [-0.2, -0.15) is 0 Å². The van der Waals surface area contributed by atoms with E-state index in [0.717, 1.165) is 77.0 Å². The van der Waals surface area contributed by atoms with Gasteiger partial charge in [0.25, 0.3) is 0 Å². The number of aromatic nitrogens is 4. The van der Waals surface area contributed by atoms with E-state index in [9.17, 15) is 19.2 Å². The van der Waals surface area contributed by atoms with Crippen LogP contribution in [0.15, 0.2) is 73.3 Å². The van der Waals surface area contributed by atoms with E-state index in [4.69, 9.17) is 18.9 Å². The molecule has 1 radical (unpaired) electrons. The molecule has 4 aromatic heterocycles. The number of carbonyl (C=O) groups excluding carboxylic acids is 4. The van der Waals surface area contributed by atoms with Gasteiger partial charge in [-0.15, -0.1) is 0 Å². The summed E-state index contributed by atoms with van der Waals surface area (Å²) in [7, 11) is 0. The molecule has 4 atom stereocenters. The second-order valence-electron chi connectivity index (χ2n) is 18.0. The van der Waals surface area contributed by atoms with E-state index in [2.05, 4.69) is 47.6 Å². The molecule has 4 rings (SSSR count). The van der Waals surface area contributed by atoms with Crippen molar-refractivity contribution in [2.45, 2.75) is 208 Å². The van der Waals surface area contributed by atoms with Crippen LogP contribution < -0.4 is 0 Å². The quantitative estimate of drug-likeness (QED) is 0.0211. The zero-order chi connectivity index (χ0) is 49.5. The van der Waals surface area contributed by atoms with Crippen LogP contribution in [0.1, 0.15) is 225 Å². The van der Waals surface area contributed by atoms with Gasteiger partial charge in [0, 0.05) is 41.9 Å². The zero-order valence-corrected chi connectivity index (χ0v) is 43.7. The van der Waals surface area contributed by atoms with E-state index < -0.39 is 0 Å². The van der Waals surface area contributed by atoms with Crippen LogP contribution in [0, 0.1) is 0 Å². The molecule has 383 valence electrons. The third-order valence-corrected chi connectivity index (χ3v) is 11.6. The predicted molar refractivity (Wildman–Crippen MR) is 269 cm³/mol. The summed E-state index contributed by atoms with van der Waals surface area (Å²) in [5, 5.41) is 0. The Labute approximate surface area is 423 Å². The molecule has 4 heterocycles. The fourth-order valence-corrected chi connectivity index (χ4v) is 7.46. The van der Waals surface area contributed by atoms with Gasteiger partial charge in [0.05, 0.1) is 69.4 Å². The first kappa shape index (κ1) is 60.1. The molecule has 0 aliphatic carbocycles. The fourth-order valence-electron chi connectivity index (χ4n) is 7.46. The van der Waals surface area contributed by atoms with Crippen molar-refractivity contribution in [3.8, 4) is 22.8 Å². The normalized spacial score (nSPS) is 12.5. The van der Waals surface area contributed by atoms with Crippen LogP contribution in [0.25, 0.3) is 22.8 Å². The predicted octanol–water partition coefficient (Wildman–Crippen LogP) is 14.3. The minimum absolute atomic E-state index is 0. The maximum absolute atomic E-state index is 12.6. The van der Waals surface area contributed by atoms with Crippen molar-refractivity contribution in [3.05, 3.63) is 95.6 Å². The van der Waals surface area contributed by atoms with E-state index in [0.29, 0.717) is 45.0 Å². The Kier molecular flexibility index (Phi) is 30.6. The summed E-state index contributed by atoms with van der Waals surface area (Å²) in [5.74, 6) is -1.50. The van der Waals surface area contributed by atoms with Crippen molar-refractivity contribution >= 4 is 23.9 Å². The first-order valence-corrected chi connectivity index (χ1v) is 25.6. The molecule has 0 aromatic carbocycles. The molecule has 0 fully saturated rings. The molecule has 4 aromatic rings. The van der Waals surface area contributed by atoms with Crippen molar-refractivity contribution in [2.75, 3.05) is 0 Å². The number of pyridine rings is 4. The van der Waals surface area contributed by atoms with E-state index in [1.54, 1.807) is 73.3 Å². The van der Waals surface area contributed by atoms with Gasteiger partial charge in [0.1, 0.15) is 0 Å². The molecule has 0 aliphatic heterocycles. The fraction of sp³-hybridized carbons (Fsp3) is 0.571. The van der Waals surface area contributed by atoms with Gasteiger partial charge < -0.3 is 18.9 Å². The summed E-state index contributed by atoms with van der Waals surface area (Å²) in [4.78, 5) is 67.8. The molecule has 0 spiro atoms. The second kappa shape index (κ2) is 35.2. The number of esters is 4. The van der Waals surface area contributed by atoms with E-state index in [-0.39, 0.29) is 65.4 Å². The molecule has 0 saturated heterocycles. The molecule has 0 bridgehead atoms. The first-order chi connectivity index (χ1) is 32.9. The largest absolute Gasteiger partial charge is 0.459 e. The number of rotatable bonds is 30. The van der Waals surface area contributed by atoms with Crippen molar-refractivity contribution in [3.63, 3.8) is 0 Å². The van der Waals surface area contributed by atoms with Gasteiger partial charge in [-0.05, 0) is 128 Å². The monoisotopic (exact) mass is 1000 g/mol. The first-order valence-electron chi connectivity index (χ1n) is 25.6. The van der Waals surface area contributed by atoms with Gasteiger partial charge in [-0.1, -0.05) is 105 Å². The number of ether oxygens (including phenoxy) is 4. The Bertz CT molecular complexity index is 1810. The summed E-state index contributed by atoms with van der Waals surface area (Å²) in [6.07, 6.45) is 27.4. The van der Waals surface area contributed by atoms with Crippen LogP contribution >= 0.6 is 0 Å². The minimum atomic E-state index is -0.376. The molecule has 69 heavy (non-hydrogen) atoms. The smallest absolute Gasteiger partial charge is 0.338 e. The van der Waals surface area contributed by atoms with Gasteiger partial charge in [-0.25, -0.2) is 19.2 Å². The molecule has 0 N–H and O–H groups in total. The molecule has 12 nitrogen and oxygen atoms in total. The van der Waals surface area contributed by atoms with Gasteiger partial charge in [-0.3, -0.25) is 19.9 Å². The topological polar surface area (TPSA) is 157 Å². The third kappa shape index (κ3) is 23.9. The molecular formula is C56H80CuN4O8. The summed E-state index contributed by atoms with van der Waals surface area (Å²) in [6.45, 7) is 16.4. The van der Waals surface area contributed by atoms with Crippen LogP contribution in [-0.2, 0) is 36.0 Å². The Morgan fingerprint density at radius 1 is 0.362 bits per heavy atom. The van der Waals surface area contributed by atoms with Crippen LogP contribution in [0.5, 0.6) is 0 Å². The van der Waals surface area contributed by atoms with Gasteiger partial charge >= 0.3 is 23.9 Å². The molecule has 13 heteroatoms. The maximum Gasteiger partial charge on any atom is 0.338 e. The van der Waals surface area contributed by atoms with Gasteiger partial charge in [0.2, 0.25) is 0 Å². The Hall–Kier alpha value is -5.00. The second-order valence-corrected chi connectivity index (χ2v) is 18.0. The molecule has 0 saturated carbocycles. The molecule has 0 aliphatic rings. The van der Waals surface area contributed by atoms with Crippen molar-refractivity contribution in [1.29, 1.82) is 0 Å². The van der Waals surface area contributed by atoms with Crippen LogP contribution in [0.4, 0.5) is 0 Å². The minimum Gasteiger partial charge on any atom is -0.459 e. The van der Waals surface area contributed by atoms with E-state index in [1.165, 1.54) is 51.4 Å². The van der Waals surface area contributed by atoms with Crippen molar-refractivity contribution in [2.24, 2.45) is 0 Å². The van der Waals surface area contributed by atoms with Crippen molar-refractivity contribution in [1.82, 2.24) is 19.9 Å². The number of unbranched alkanes of at least 4 members (excludes halogenated alkanes) is 12. The number of hydrogen-bond donors (Lipinski definition) is 0. The van der Waals surface area contributed by atoms with Crippen LogP contribution in [0.3, 0.4) is 0 Å². The van der Waals surface area contributed by atoms with Gasteiger partial charge in [0.15, 0.2) is 0 Å². The standard InChI is InChI=1S/2C28H40N2O4.Cu/c2*1-5-7-9-11-13-21(3)33-27(31)23-15-17-29-25(19-23)26-20-24(16-18-30-26)28(32)34-22(4)14-12-10-8-6-2;/h2*15-22H,5-14H2,1-4H3;. The Morgan fingerprint density at radius 3 is 0.754 bits per heavy atom. The van der Waals surface area contributed by atoms with Crippen LogP contribution in [-0.4, -0.2) is 68.2 Å². The summed E-state index contributed by atoms with van der Waals surface area (Å²) in [5.41, 5.74) is 3.70. The third-order valence-electron chi connectivity index (χ3n) is 11.6. The maximum atomic E-state index is 12.6. The number of hydrogen-bond acceptors (Lipinski definition) is 12. The number of nitrogens with zero attached hydrogens (tertiary/aromatic N) is 4. The molecule has 0 amide bonds. The summed E-state index contributed by atoms with van der Waals surface area (Å²) in [6, 6.07) is 13.1. The molecular weight excluding hydrogens is 920 g/mol. The average molecular weight is 1000 g/mol. The summed E-state index contributed by atoms with van der Waals surface area (Å²) >= 11 is 0. The van der Waals surface area contributed by atoms with E-state index >= 15 is 0 Å². The zero-order valence-electron chi connectivity index (χ0n) is 42.7. The van der Waals surface area contributed by atoms with Crippen molar-refractivity contribution < 1.29 is 55.2 Å². The Balaban J connectivity index is 0.000000467. The SMILES string of the molecule is CCCCCCC(C)OC(=O)c1ccnc(-c2cc(C(=O)OC(C)CCCCCC)ccn2)c1.CCCCCCC(C)OC(=O)c1ccnc(-c2cc(C(=O)OC(C)CCCCCC)ccn2)c1.[Cu]. The van der Waals surface area contributed by atoms with E-state index in [1.807, 2.05) is 27.7 Å². The summed E-state index contributed by atoms with van der Waals surface area (Å²) < 4.78 is 22.4. The number of carbonyl (C=O) groups is 4. The molecule has 4 unspecified atom stereocenters.